The van der Waals surface area contributed by atoms with Crippen LogP contribution < -0.4 is 4.74 Å². The van der Waals surface area contributed by atoms with Crippen molar-refractivity contribution in [2.45, 2.75) is 19.4 Å². The van der Waals surface area contributed by atoms with Gasteiger partial charge in [0, 0.05) is 5.33 Å². The van der Waals surface area contributed by atoms with Crippen LogP contribution in [-0.4, -0.2) is 29.6 Å². The molecular weight excluding hydrogens is 300 g/mol. The van der Waals surface area contributed by atoms with Gasteiger partial charge in [0.15, 0.2) is 6.10 Å². The summed E-state index contributed by atoms with van der Waals surface area (Å²) in [5.41, 5.74) is 0.477. The summed E-state index contributed by atoms with van der Waals surface area (Å²) < 4.78 is 10.2. The first kappa shape index (κ1) is 15.0. The van der Waals surface area contributed by atoms with E-state index in [-0.39, 0.29) is 6.61 Å². The Morgan fingerprint density at radius 2 is 2.28 bits per heavy atom. The largest absolute Gasteiger partial charge is 0.494 e. The second-order valence-electron chi connectivity index (χ2n) is 3.62. The molecule has 1 N–H and O–H groups in total. The molecule has 1 aromatic carbocycles. The van der Waals surface area contributed by atoms with Gasteiger partial charge in [-0.2, -0.15) is 0 Å². The Labute approximate surface area is 115 Å². The number of hydrogen-bond donors (Lipinski definition) is 1. The minimum Gasteiger partial charge on any atom is -0.494 e. The average molecular weight is 317 g/mol. The van der Waals surface area contributed by atoms with E-state index in [1.165, 1.54) is 0 Å². The summed E-state index contributed by atoms with van der Waals surface area (Å²) in [5, 5.41) is 10.7. The highest BCUT2D eigenvalue weighted by molar-refractivity contribution is 9.09. The smallest absolute Gasteiger partial charge is 0.339 e. The van der Waals surface area contributed by atoms with Crippen molar-refractivity contribution >= 4 is 21.9 Å². The molecule has 5 heteroatoms. The molecule has 0 bridgehead atoms. The van der Waals surface area contributed by atoms with Crippen LogP contribution in [-0.2, 0) is 9.53 Å². The fourth-order valence-corrected chi connectivity index (χ4v) is 1.61. The van der Waals surface area contributed by atoms with Gasteiger partial charge in [-0.3, -0.25) is 0 Å². The predicted molar refractivity (Wildman–Crippen MR) is 71.9 cm³/mol. The van der Waals surface area contributed by atoms with Gasteiger partial charge in [0.2, 0.25) is 0 Å². The lowest BCUT2D eigenvalue weighted by Crippen LogP contribution is -2.15. The minimum atomic E-state index is -1.26. The third kappa shape index (κ3) is 4.66. The molecule has 0 fully saturated rings. The second-order valence-corrected chi connectivity index (χ2v) is 4.41. The minimum absolute atomic E-state index is 0.247. The third-order valence-electron chi connectivity index (χ3n) is 2.23. The van der Waals surface area contributed by atoms with Gasteiger partial charge in [0.05, 0.1) is 13.2 Å². The van der Waals surface area contributed by atoms with Crippen LogP contribution in [0.4, 0.5) is 0 Å². The van der Waals surface area contributed by atoms with Crippen LogP contribution >= 0.6 is 15.9 Å². The number of carbonyl (C=O) groups excluding carboxylic acids is 1. The van der Waals surface area contributed by atoms with E-state index >= 15 is 0 Å². The number of hydrogen-bond acceptors (Lipinski definition) is 4. The van der Waals surface area contributed by atoms with Gasteiger partial charge >= 0.3 is 5.97 Å². The van der Waals surface area contributed by atoms with E-state index in [1.807, 2.05) is 0 Å². The number of carbonyl (C=O) groups is 1. The van der Waals surface area contributed by atoms with Crippen LogP contribution in [0.2, 0.25) is 0 Å². The zero-order valence-corrected chi connectivity index (χ0v) is 11.9. The Morgan fingerprint density at radius 1 is 1.50 bits per heavy atom. The summed E-state index contributed by atoms with van der Waals surface area (Å²) in [6.07, 6.45) is -0.366. The first-order chi connectivity index (χ1) is 8.69. The molecule has 0 radical (unpaired) electrons. The van der Waals surface area contributed by atoms with E-state index < -0.39 is 12.1 Å². The van der Waals surface area contributed by atoms with Crippen molar-refractivity contribution in [1.82, 2.24) is 0 Å². The van der Waals surface area contributed by atoms with E-state index in [9.17, 15) is 9.90 Å². The van der Waals surface area contributed by atoms with Gasteiger partial charge in [-0.15, -0.1) is 0 Å². The highest BCUT2D eigenvalue weighted by Gasteiger charge is 2.18. The summed E-state index contributed by atoms with van der Waals surface area (Å²) in [5.74, 6) is -0.00749. The highest BCUT2D eigenvalue weighted by Crippen LogP contribution is 2.20. The number of halogens is 1. The van der Waals surface area contributed by atoms with Crippen LogP contribution in [0.15, 0.2) is 24.3 Å². The predicted octanol–water partition coefficient (Wildman–Crippen LogP) is 2.45. The molecule has 0 saturated carbocycles. The molecule has 100 valence electrons. The molecular formula is C13H17BrO4. The first-order valence-corrected chi connectivity index (χ1v) is 6.94. The van der Waals surface area contributed by atoms with Crippen molar-refractivity contribution in [1.29, 1.82) is 0 Å². The van der Waals surface area contributed by atoms with Crippen LogP contribution in [0.25, 0.3) is 0 Å². The maximum Gasteiger partial charge on any atom is 0.339 e. The molecule has 0 saturated heterocycles. The fraction of sp³-hybridized carbons (Fsp3) is 0.462. The Balaban J connectivity index is 2.65. The fourth-order valence-electron chi connectivity index (χ4n) is 1.38. The Hall–Kier alpha value is -1.07. The van der Waals surface area contributed by atoms with Crippen LogP contribution in [0.5, 0.6) is 5.75 Å². The summed E-state index contributed by atoms with van der Waals surface area (Å²) in [4.78, 5) is 11.4. The van der Waals surface area contributed by atoms with E-state index in [2.05, 4.69) is 15.9 Å². The van der Waals surface area contributed by atoms with Crippen molar-refractivity contribution in [3.63, 3.8) is 0 Å². The Morgan fingerprint density at radius 3 is 2.94 bits per heavy atom. The van der Waals surface area contributed by atoms with Gasteiger partial charge < -0.3 is 14.6 Å². The Bertz CT molecular complexity index is 381. The lowest BCUT2D eigenvalue weighted by molar-refractivity contribution is -0.153. The average Bonchev–Trinajstić information content (AvgIpc) is 2.39. The molecule has 1 atom stereocenters. The molecule has 4 nitrogen and oxygen atoms in total. The number of aliphatic hydroxyl groups excluding tert-OH is 1. The van der Waals surface area contributed by atoms with E-state index in [0.29, 0.717) is 17.9 Å². The second kappa shape index (κ2) is 8.11. The van der Waals surface area contributed by atoms with Crippen molar-refractivity contribution < 1.29 is 19.4 Å². The van der Waals surface area contributed by atoms with Crippen molar-refractivity contribution in [2.24, 2.45) is 0 Å². The molecule has 0 aliphatic carbocycles. The monoisotopic (exact) mass is 316 g/mol. The van der Waals surface area contributed by atoms with Crippen molar-refractivity contribution in [3.05, 3.63) is 29.8 Å². The van der Waals surface area contributed by atoms with E-state index in [1.54, 1.807) is 31.2 Å². The van der Waals surface area contributed by atoms with Gasteiger partial charge in [-0.05, 0) is 31.0 Å². The molecule has 18 heavy (non-hydrogen) atoms. The molecule has 0 aliphatic heterocycles. The highest BCUT2D eigenvalue weighted by atomic mass is 79.9. The van der Waals surface area contributed by atoms with Crippen LogP contribution in [0, 0.1) is 0 Å². The molecule has 1 aromatic rings. The Kier molecular flexibility index (Phi) is 6.75. The number of alkyl halides is 1. The summed E-state index contributed by atoms with van der Waals surface area (Å²) >= 11 is 3.32. The number of benzene rings is 1. The van der Waals surface area contributed by atoms with E-state index in [4.69, 9.17) is 9.47 Å². The quantitative estimate of drug-likeness (QED) is 0.477. The number of esters is 1. The molecule has 0 aromatic heterocycles. The molecule has 0 heterocycles. The summed E-state index contributed by atoms with van der Waals surface area (Å²) in [6, 6.07) is 6.84. The number of ether oxygens (including phenoxy) is 2. The van der Waals surface area contributed by atoms with Crippen LogP contribution in [0.3, 0.4) is 0 Å². The number of aliphatic hydroxyl groups is 1. The topological polar surface area (TPSA) is 55.8 Å². The molecule has 1 unspecified atom stereocenters. The van der Waals surface area contributed by atoms with Crippen molar-refractivity contribution in [3.8, 4) is 5.75 Å². The van der Waals surface area contributed by atoms with Gasteiger partial charge in [-0.1, -0.05) is 28.1 Å². The zero-order valence-electron chi connectivity index (χ0n) is 10.3. The summed E-state index contributed by atoms with van der Waals surface area (Å²) in [7, 11) is 0. The lowest BCUT2D eigenvalue weighted by Gasteiger charge is -2.11. The third-order valence-corrected chi connectivity index (χ3v) is 2.79. The van der Waals surface area contributed by atoms with Gasteiger partial charge in [0.25, 0.3) is 0 Å². The SMILES string of the molecule is CCOC(=O)C(O)c1cccc(OCCCBr)c1. The maximum atomic E-state index is 11.4. The van der Waals surface area contributed by atoms with Crippen molar-refractivity contribution in [2.75, 3.05) is 18.5 Å². The summed E-state index contributed by atoms with van der Waals surface area (Å²) in [6.45, 7) is 2.53. The maximum absolute atomic E-state index is 11.4. The molecule has 0 amide bonds. The lowest BCUT2D eigenvalue weighted by atomic mass is 10.1. The standard InChI is InChI=1S/C13H17BrO4/c1-2-17-13(16)12(15)10-5-3-6-11(9-10)18-8-4-7-14/h3,5-6,9,12,15H,2,4,7-8H2,1H3. The molecule has 0 spiro atoms. The van der Waals surface area contributed by atoms with Gasteiger partial charge in [-0.25, -0.2) is 4.79 Å². The molecule has 1 rings (SSSR count). The normalized spacial score (nSPS) is 11.9. The van der Waals surface area contributed by atoms with Gasteiger partial charge in [0.1, 0.15) is 5.75 Å². The number of rotatable bonds is 7. The van der Waals surface area contributed by atoms with E-state index in [0.717, 1.165) is 11.8 Å². The molecule has 0 aliphatic rings. The van der Waals surface area contributed by atoms with Crippen LogP contribution in [0.1, 0.15) is 25.0 Å². The first-order valence-electron chi connectivity index (χ1n) is 5.82. The zero-order chi connectivity index (χ0) is 13.4.